The van der Waals surface area contributed by atoms with Gasteiger partial charge in [-0.25, -0.2) is 0 Å². The molecule has 0 saturated carbocycles. The summed E-state index contributed by atoms with van der Waals surface area (Å²) < 4.78 is -0.0677. The standard InChI is InChI=1S/C12H23INOS/c1-6-7-8-9-10(2)11(15)14(5)12(3,4)13-16/h7-8,10,16H,6,9H2,1-5H3/q-1/b8-7-. The summed E-state index contributed by atoms with van der Waals surface area (Å²) in [5.74, 6) is 0.287. The first-order valence-electron chi connectivity index (χ1n) is 5.59. The van der Waals surface area contributed by atoms with Gasteiger partial charge in [-0.2, -0.15) is 0 Å². The number of thiol groups is 1. The Morgan fingerprint density at radius 1 is 1.50 bits per heavy atom. The second-order valence-electron chi connectivity index (χ2n) is 4.41. The number of carbonyl (C=O) groups excluding carboxylic acids is 1. The maximum atomic E-state index is 12.1. The molecule has 0 heterocycles. The summed E-state index contributed by atoms with van der Waals surface area (Å²) >= 11 is -0.274. The van der Waals surface area contributed by atoms with Gasteiger partial charge in [0.1, 0.15) is 0 Å². The van der Waals surface area contributed by atoms with Crippen molar-refractivity contribution in [2.75, 3.05) is 7.05 Å². The van der Waals surface area contributed by atoms with E-state index in [-0.39, 0.29) is 35.2 Å². The molecule has 0 rings (SSSR count). The maximum absolute atomic E-state index is 12.1. The topological polar surface area (TPSA) is 20.3 Å². The van der Waals surface area contributed by atoms with Crippen LogP contribution in [-0.2, 0) is 4.79 Å². The molecule has 0 aromatic rings. The fraction of sp³-hybridized carbons (Fsp3) is 0.750. The van der Waals surface area contributed by atoms with E-state index in [1.165, 1.54) is 0 Å². The van der Waals surface area contributed by atoms with Gasteiger partial charge in [-0.3, -0.25) is 0 Å². The van der Waals surface area contributed by atoms with Crippen molar-refractivity contribution in [3.63, 3.8) is 0 Å². The number of allylic oxidation sites excluding steroid dienone is 2. The van der Waals surface area contributed by atoms with E-state index in [4.69, 9.17) is 0 Å². The zero-order chi connectivity index (χ0) is 12.8. The monoisotopic (exact) mass is 356 g/mol. The Labute approximate surface area is 114 Å². The predicted molar refractivity (Wildman–Crippen MR) is 69.0 cm³/mol. The van der Waals surface area contributed by atoms with Gasteiger partial charge in [-0.15, -0.1) is 0 Å². The van der Waals surface area contributed by atoms with Crippen molar-refractivity contribution in [3.8, 4) is 0 Å². The fourth-order valence-corrected chi connectivity index (χ4v) is 2.54. The van der Waals surface area contributed by atoms with E-state index < -0.39 is 0 Å². The van der Waals surface area contributed by atoms with Gasteiger partial charge in [0, 0.05) is 0 Å². The zero-order valence-electron chi connectivity index (χ0n) is 10.8. The quantitative estimate of drug-likeness (QED) is 0.236. The van der Waals surface area contributed by atoms with Crippen molar-refractivity contribution in [1.82, 2.24) is 4.90 Å². The minimum atomic E-state index is -0.274. The first-order valence-corrected chi connectivity index (χ1v) is 9.90. The molecule has 0 bridgehead atoms. The van der Waals surface area contributed by atoms with Crippen LogP contribution in [-0.4, -0.2) is 21.4 Å². The van der Waals surface area contributed by atoms with Crippen LogP contribution in [0.1, 0.15) is 40.5 Å². The van der Waals surface area contributed by atoms with Gasteiger partial charge in [0.15, 0.2) is 0 Å². The molecule has 1 unspecified atom stereocenters. The first-order chi connectivity index (χ1) is 7.36. The van der Waals surface area contributed by atoms with Crippen LogP contribution in [0.3, 0.4) is 0 Å². The Bertz CT molecular complexity index is 253. The number of nitrogens with zero attached hydrogens (tertiary/aromatic N) is 1. The van der Waals surface area contributed by atoms with Gasteiger partial charge in [0.05, 0.1) is 0 Å². The summed E-state index contributed by atoms with van der Waals surface area (Å²) in [4.78, 5) is 14.0. The first kappa shape index (κ1) is 16.3. The second kappa shape index (κ2) is 7.58. The van der Waals surface area contributed by atoms with Crippen molar-refractivity contribution >= 4 is 15.7 Å². The zero-order valence-corrected chi connectivity index (χ0v) is 13.9. The van der Waals surface area contributed by atoms with E-state index in [2.05, 4.69) is 42.7 Å². The minimum absolute atomic E-state index is 0.0657. The van der Waals surface area contributed by atoms with Gasteiger partial charge in [-0.05, 0) is 0 Å². The average Bonchev–Trinajstić information content (AvgIpc) is 2.27. The molecular formula is C12H23INOS-. The molecule has 4 heteroatoms. The summed E-state index contributed by atoms with van der Waals surface area (Å²) in [5, 5.41) is 0. The number of amides is 1. The summed E-state index contributed by atoms with van der Waals surface area (Å²) in [6, 6.07) is 0. The summed E-state index contributed by atoms with van der Waals surface area (Å²) in [7, 11) is 6.28. The van der Waals surface area contributed by atoms with Gasteiger partial charge in [0.25, 0.3) is 0 Å². The third-order valence-corrected chi connectivity index (χ3v) is 7.33. The molecule has 0 aromatic heterocycles. The molecule has 0 radical (unpaired) electrons. The van der Waals surface area contributed by atoms with E-state index in [0.29, 0.717) is 0 Å². The Kier molecular flexibility index (Phi) is 7.72. The number of alkyl halides is 1. The van der Waals surface area contributed by atoms with Crippen molar-refractivity contribution < 1.29 is 24.6 Å². The molecule has 2 nitrogen and oxygen atoms in total. The molecule has 0 aromatic carbocycles. The van der Waals surface area contributed by atoms with Crippen LogP contribution >= 0.6 is 9.80 Å². The van der Waals surface area contributed by atoms with Crippen molar-refractivity contribution in [1.29, 1.82) is 0 Å². The van der Waals surface area contributed by atoms with Crippen molar-refractivity contribution in [2.45, 2.75) is 44.1 Å². The molecule has 0 aliphatic carbocycles. The molecule has 0 aliphatic rings. The normalized spacial score (nSPS) is 14.4. The van der Waals surface area contributed by atoms with Crippen LogP contribution in [0.25, 0.3) is 0 Å². The van der Waals surface area contributed by atoms with Crippen LogP contribution in [0, 0.1) is 5.92 Å². The number of hydrogen-bond acceptors (Lipinski definition) is 2. The summed E-state index contributed by atoms with van der Waals surface area (Å²) in [6.07, 6.45) is 6.07. The van der Waals surface area contributed by atoms with Gasteiger partial charge in [-0.1, -0.05) is 0 Å². The molecule has 96 valence electrons. The number of hydrogen-bond donors (Lipinski definition) is 1. The fourth-order valence-electron chi connectivity index (χ4n) is 1.22. The molecule has 16 heavy (non-hydrogen) atoms. The van der Waals surface area contributed by atoms with E-state index in [1.54, 1.807) is 0 Å². The van der Waals surface area contributed by atoms with Crippen molar-refractivity contribution in [3.05, 3.63) is 12.2 Å². The third-order valence-electron chi connectivity index (χ3n) is 2.65. The van der Waals surface area contributed by atoms with Crippen LogP contribution < -0.4 is 19.8 Å². The second-order valence-corrected chi connectivity index (χ2v) is 8.66. The Balaban J connectivity index is 4.38. The molecule has 0 spiro atoms. The Hall–Kier alpha value is 0.290. The molecular weight excluding hydrogens is 333 g/mol. The predicted octanol–water partition coefficient (Wildman–Crippen LogP) is 0.107. The molecule has 0 saturated heterocycles. The van der Waals surface area contributed by atoms with Crippen LogP contribution in [0.4, 0.5) is 0 Å². The number of carbonyl (C=O) groups is 1. The Morgan fingerprint density at radius 2 is 2.06 bits per heavy atom. The molecule has 0 fully saturated rings. The average molecular weight is 356 g/mol. The summed E-state index contributed by atoms with van der Waals surface area (Å²) in [5.41, 5.74) is 0. The van der Waals surface area contributed by atoms with E-state index in [0.717, 1.165) is 12.8 Å². The van der Waals surface area contributed by atoms with E-state index >= 15 is 0 Å². The van der Waals surface area contributed by atoms with Crippen molar-refractivity contribution in [2.24, 2.45) is 5.92 Å². The van der Waals surface area contributed by atoms with E-state index in [9.17, 15) is 4.79 Å². The molecule has 0 N–H and O–H groups in total. The number of rotatable bonds is 6. The third kappa shape index (κ3) is 5.08. The summed E-state index contributed by atoms with van der Waals surface area (Å²) in [6.45, 7) is 8.26. The molecule has 0 aliphatic heterocycles. The van der Waals surface area contributed by atoms with E-state index in [1.807, 2.05) is 18.9 Å². The Morgan fingerprint density at radius 3 is 2.50 bits per heavy atom. The van der Waals surface area contributed by atoms with Gasteiger partial charge >= 0.3 is 114 Å². The van der Waals surface area contributed by atoms with Gasteiger partial charge < -0.3 is 0 Å². The molecule has 1 amide bonds. The van der Waals surface area contributed by atoms with Crippen LogP contribution in [0.15, 0.2) is 12.2 Å². The SMILES string of the molecule is CC/C=C\CC(C)C(=O)N(C)C(C)(C)[I-]S. The molecule has 1 atom stereocenters. The number of halogens is 1. The van der Waals surface area contributed by atoms with Crippen LogP contribution in [0.5, 0.6) is 0 Å². The van der Waals surface area contributed by atoms with Gasteiger partial charge in [0.2, 0.25) is 0 Å². The van der Waals surface area contributed by atoms with Crippen LogP contribution in [0.2, 0.25) is 0 Å².